The Balaban J connectivity index is 1.41. The van der Waals surface area contributed by atoms with Crippen LogP contribution in [0, 0.1) is 0 Å². The molecule has 0 aromatic heterocycles. The van der Waals surface area contributed by atoms with Crippen LogP contribution in [0.25, 0.3) is 0 Å². The third-order valence-corrected chi connectivity index (χ3v) is 5.32. The Morgan fingerprint density at radius 2 is 2.15 bits per heavy atom. The van der Waals surface area contributed by atoms with Gasteiger partial charge in [0.2, 0.25) is 11.9 Å². The second kappa shape index (κ2) is 7.56. The molecule has 0 unspecified atom stereocenters. The predicted octanol–water partition coefficient (Wildman–Crippen LogP) is 0.762. The molecular formula is C19H24N4O4. The highest BCUT2D eigenvalue weighted by molar-refractivity contribution is 6.05. The van der Waals surface area contributed by atoms with Gasteiger partial charge in [-0.3, -0.25) is 14.9 Å². The number of hydrogen-bond acceptors (Lipinski definition) is 6. The standard InChI is InChI=1S/C19H24N4O4/c24-8-7-23(14-3-1-2-4-14)18(26)12-27-15-6-5-13-10-22-11-17(25)21-19(22)20-16(13)9-15/h5-6,9,14,24H,1-4,7-8,10-12H2,(H,20,21,25). The number of nitrogens with zero attached hydrogens (tertiary/aromatic N) is 3. The van der Waals surface area contributed by atoms with E-state index in [4.69, 9.17) is 4.74 Å². The van der Waals surface area contributed by atoms with E-state index < -0.39 is 0 Å². The van der Waals surface area contributed by atoms with Crippen LogP contribution in [0.3, 0.4) is 0 Å². The zero-order valence-electron chi connectivity index (χ0n) is 15.2. The van der Waals surface area contributed by atoms with Crippen LogP contribution in [-0.4, -0.2) is 65.0 Å². The summed E-state index contributed by atoms with van der Waals surface area (Å²) >= 11 is 0. The summed E-state index contributed by atoms with van der Waals surface area (Å²) in [6.07, 6.45) is 4.23. The fourth-order valence-electron chi connectivity index (χ4n) is 3.97. The molecule has 8 heteroatoms. The Morgan fingerprint density at radius 1 is 1.33 bits per heavy atom. The van der Waals surface area contributed by atoms with E-state index in [1.54, 1.807) is 11.0 Å². The molecule has 1 saturated heterocycles. The minimum absolute atomic E-state index is 0.0409. The normalized spacial score (nSPS) is 18.6. The van der Waals surface area contributed by atoms with Crippen molar-refractivity contribution >= 4 is 23.5 Å². The zero-order valence-corrected chi connectivity index (χ0v) is 15.2. The molecule has 0 atom stereocenters. The maximum Gasteiger partial charge on any atom is 0.260 e. The molecule has 2 fully saturated rings. The third-order valence-electron chi connectivity index (χ3n) is 5.32. The molecule has 1 aliphatic carbocycles. The van der Waals surface area contributed by atoms with Gasteiger partial charge >= 0.3 is 0 Å². The molecule has 0 radical (unpaired) electrons. The van der Waals surface area contributed by atoms with Crippen molar-refractivity contribution < 1.29 is 19.4 Å². The first kappa shape index (κ1) is 17.8. The highest BCUT2D eigenvalue weighted by Crippen LogP contribution is 2.31. The van der Waals surface area contributed by atoms with Gasteiger partial charge in [0.1, 0.15) is 12.3 Å². The Labute approximate surface area is 157 Å². The minimum atomic E-state index is -0.103. The Hall–Kier alpha value is -2.61. The summed E-state index contributed by atoms with van der Waals surface area (Å²) in [5, 5.41) is 12.0. The number of aliphatic hydroxyl groups excluding tert-OH is 1. The fourth-order valence-corrected chi connectivity index (χ4v) is 3.97. The lowest BCUT2D eigenvalue weighted by Gasteiger charge is -2.28. The number of carbonyl (C=O) groups is 2. The maximum atomic E-state index is 12.6. The highest BCUT2D eigenvalue weighted by atomic mass is 16.5. The van der Waals surface area contributed by atoms with Crippen LogP contribution in [0.5, 0.6) is 5.75 Å². The van der Waals surface area contributed by atoms with E-state index >= 15 is 0 Å². The van der Waals surface area contributed by atoms with Crippen LogP contribution in [0.4, 0.5) is 5.69 Å². The zero-order chi connectivity index (χ0) is 18.8. The van der Waals surface area contributed by atoms with Crippen molar-refractivity contribution in [3.8, 4) is 5.75 Å². The summed E-state index contributed by atoms with van der Waals surface area (Å²) in [5.74, 6) is 0.976. The summed E-state index contributed by atoms with van der Waals surface area (Å²) in [4.78, 5) is 32.2. The van der Waals surface area contributed by atoms with Crippen LogP contribution in [-0.2, 0) is 16.1 Å². The summed E-state index contributed by atoms with van der Waals surface area (Å²) < 4.78 is 5.71. The molecule has 1 aromatic rings. The molecule has 144 valence electrons. The Morgan fingerprint density at radius 3 is 2.93 bits per heavy atom. The van der Waals surface area contributed by atoms with Crippen molar-refractivity contribution in [3.05, 3.63) is 23.8 Å². The minimum Gasteiger partial charge on any atom is -0.484 e. The largest absolute Gasteiger partial charge is 0.484 e. The number of fused-ring (bicyclic) bond motifs is 2. The van der Waals surface area contributed by atoms with E-state index in [1.165, 1.54) is 0 Å². The van der Waals surface area contributed by atoms with Gasteiger partial charge in [0.05, 0.1) is 12.3 Å². The van der Waals surface area contributed by atoms with E-state index in [2.05, 4.69) is 10.3 Å². The van der Waals surface area contributed by atoms with Gasteiger partial charge < -0.3 is 19.6 Å². The molecule has 27 heavy (non-hydrogen) atoms. The van der Waals surface area contributed by atoms with Crippen molar-refractivity contribution in [2.24, 2.45) is 4.99 Å². The van der Waals surface area contributed by atoms with Crippen LogP contribution >= 0.6 is 0 Å². The molecule has 2 amide bonds. The van der Waals surface area contributed by atoms with E-state index in [-0.39, 0.29) is 31.1 Å². The van der Waals surface area contributed by atoms with E-state index in [1.807, 2.05) is 17.0 Å². The number of guanidine groups is 1. The number of ether oxygens (including phenoxy) is 1. The quantitative estimate of drug-likeness (QED) is 0.769. The van der Waals surface area contributed by atoms with E-state index in [0.717, 1.165) is 36.9 Å². The molecule has 2 heterocycles. The number of carbonyl (C=O) groups excluding carboxylic acids is 2. The number of nitrogens with one attached hydrogen (secondary N) is 1. The first-order chi connectivity index (χ1) is 13.1. The summed E-state index contributed by atoms with van der Waals surface area (Å²) in [5.41, 5.74) is 1.76. The summed E-state index contributed by atoms with van der Waals surface area (Å²) in [6.45, 7) is 1.20. The SMILES string of the molecule is O=C1CN2Cc3ccc(OCC(=O)N(CCO)C4CCCC4)cc3N=C2N1. The number of hydrogen-bond donors (Lipinski definition) is 2. The highest BCUT2D eigenvalue weighted by Gasteiger charge is 2.29. The maximum absolute atomic E-state index is 12.6. The molecule has 2 aliphatic heterocycles. The molecule has 1 saturated carbocycles. The van der Waals surface area contributed by atoms with E-state index in [0.29, 0.717) is 31.3 Å². The lowest BCUT2D eigenvalue weighted by Crippen LogP contribution is -2.43. The van der Waals surface area contributed by atoms with Crippen molar-refractivity contribution in [2.45, 2.75) is 38.3 Å². The number of rotatable bonds is 6. The fraction of sp³-hybridized carbons (Fsp3) is 0.526. The van der Waals surface area contributed by atoms with E-state index in [9.17, 15) is 14.7 Å². The Kier molecular flexibility index (Phi) is 4.98. The van der Waals surface area contributed by atoms with Crippen LogP contribution < -0.4 is 10.1 Å². The van der Waals surface area contributed by atoms with Gasteiger partial charge in [-0.1, -0.05) is 18.9 Å². The average molecular weight is 372 g/mol. The van der Waals surface area contributed by atoms with Crippen LogP contribution in [0.15, 0.2) is 23.2 Å². The van der Waals surface area contributed by atoms with Crippen molar-refractivity contribution in [1.82, 2.24) is 15.1 Å². The molecule has 2 N–H and O–H groups in total. The first-order valence-electron chi connectivity index (χ1n) is 9.43. The molecule has 1 aromatic carbocycles. The van der Waals surface area contributed by atoms with Gasteiger partial charge in [-0.2, -0.15) is 0 Å². The summed E-state index contributed by atoms with van der Waals surface area (Å²) in [6, 6.07) is 5.74. The van der Waals surface area contributed by atoms with Gasteiger partial charge in [-0.25, -0.2) is 4.99 Å². The smallest absolute Gasteiger partial charge is 0.260 e. The summed E-state index contributed by atoms with van der Waals surface area (Å²) in [7, 11) is 0. The lowest BCUT2D eigenvalue weighted by atomic mass is 10.1. The van der Waals surface area contributed by atoms with Crippen LogP contribution in [0.1, 0.15) is 31.2 Å². The van der Waals surface area contributed by atoms with Gasteiger partial charge in [-0.15, -0.1) is 0 Å². The monoisotopic (exact) mass is 372 g/mol. The first-order valence-corrected chi connectivity index (χ1v) is 9.43. The van der Waals surface area contributed by atoms with Gasteiger partial charge in [0.25, 0.3) is 5.91 Å². The molecule has 8 nitrogen and oxygen atoms in total. The third kappa shape index (κ3) is 3.75. The number of amides is 2. The van der Waals surface area contributed by atoms with Crippen molar-refractivity contribution in [2.75, 3.05) is 26.3 Å². The number of benzene rings is 1. The molecular weight excluding hydrogens is 348 g/mol. The molecule has 0 spiro atoms. The predicted molar refractivity (Wildman–Crippen MR) is 98.6 cm³/mol. The van der Waals surface area contributed by atoms with Gasteiger partial charge in [-0.05, 0) is 24.5 Å². The Bertz CT molecular complexity index is 773. The molecule has 0 bridgehead atoms. The molecule has 4 rings (SSSR count). The van der Waals surface area contributed by atoms with Crippen molar-refractivity contribution in [1.29, 1.82) is 0 Å². The second-order valence-electron chi connectivity index (χ2n) is 7.17. The average Bonchev–Trinajstić information content (AvgIpc) is 3.30. The number of aliphatic hydroxyl groups is 1. The van der Waals surface area contributed by atoms with Gasteiger partial charge in [0, 0.05) is 25.2 Å². The topological polar surface area (TPSA) is 94.5 Å². The molecule has 3 aliphatic rings. The second-order valence-corrected chi connectivity index (χ2v) is 7.17. The van der Waals surface area contributed by atoms with Crippen LogP contribution in [0.2, 0.25) is 0 Å². The van der Waals surface area contributed by atoms with Crippen molar-refractivity contribution in [3.63, 3.8) is 0 Å². The van der Waals surface area contributed by atoms with Gasteiger partial charge in [0.15, 0.2) is 6.61 Å². The number of aliphatic imine (C=N–C) groups is 1. The lowest BCUT2D eigenvalue weighted by molar-refractivity contribution is -0.136.